The van der Waals surface area contributed by atoms with E-state index in [2.05, 4.69) is 34.3 Å². The average Bonchev–Trinajstić information content (AvgIpc) is 2.70. The molecule has 0 aliphatic carbocycles. The molecule has 0 bridgehead atoms. The van der Waals surface area contributed by atoms with Gasteiger partial charge in [-0.25, -0.2) is 9.67 Å². The van der Waals surface area contributed by atoms with Crippen LogP contribution in [0.25, 0.3) is 0 Å². The molecule has 0 aliphatic rings. The van der Waals surface area contributed by atoms with Gasteiger partial charge in [-0.1, -0.05) is 41.6 Å². The van der Waals surface area contributed by atoms with Crippen molar-refractivity contribution in [2.24, 2.45) is 7.05 Å². The molecule has 0 unspecified atom stereocenters. The molecule has 1 aromatic heterocycles. The number of hydrogen-bond donors (Lipinski definition) is 1. The highest BCUT2D eigenvalue weighted by Crippen LogP contribution is 2.16. The number of rotatable bonds is 5. The van der Waals surface area contributed by atoms with Gasteiger partial charge in [-0.05, 0) is 12.5 Å². The Labute approximate surface area is 115 Å². The van der Waals surface area contributed by atoms with Gasteiger partial charge in [0.25, 0.3) is 0 Å². The molecule has 0 amide bonds. The summed E-state index contributed by atoms with van der Waals surface area (Å²) in [5, 5.41) is 13.6. The lowest BCUT2D eigenvalue weighted by Crippen LogP contribution is -2.00. The summed E-state index contributed by atoms with van der Waals surface area (Å²) in [6.45, 7) is 2.05. The molecule has 0 spiro atoms. The second-order valence-electron chi connectivity index (χ2n) is 4.28. The van der Waals surface area contributed by atoms with Gasteiger partial charge in [0.1, 0.15) is 0 Å². The maximum atomic E-state index is 10.5. The molecule has 1 aromatic carbocycles. The number of aliphatic carboxylic acids is 1. The topological polar surface area (TPSA) is 68.0 Å². The fraction of sp³-hybridized carbons (Fsp3) is 0.308. The van der Waals surface area contributed by atoms with Crippen molar-refractivity contribution in [3.63, 3.8) is 0 Å². The lowest BCUT2D eigenvalue weighted by atomic mass is 10.1. The average molecular weight is 277 g/mol. The lowest BCUT2D eigenvalue weighted by molar-refractivity contribution is -0.133. The Bertz CT molecular complexity index is 578. The molecule has 5 nitrogen and oxygen atoms in total. The first kappa shape index (κ1) is 13.6. The maximum absolute atomic E-state index is 10.5. The van der Waals surface area contributed by atoms with Gasteiger partial charge in [0, 0.05) is 13.5 Å². The van der Waals surface area contributed by atoms with E-state index in [9.17, 15) is 4.79 Å². The molecule has 0 fully saturated rings. The Morgan fingerprint density at radius 1 is 1.37 bits per heavy atom. The third kappa shape index (κ3) is 3.82. The van der Waals surface area contributed by atoms with Crippen molar-refractivity contribution in [3.05, 3.63) is 41.2 Å². The first-order valence-corrected chi connectivity index (χ1v) is 6.83. The Balaban J connectivity index is 2.07. The first-order chi connectivity index (χ1) is 9.04. The Morgan fingerprint density at radius 2 is 2.05 bits per heavy atom. The van der Waals surface area contributed by atoms with Crippen LogP contribution in [-0.4, -0.2) is 31.6 Å². The van der Waals surface area contributed by atoms with Crippen LogP contribution in [0.4, 0.5) is 0 Å². The van der Waals surface area contributed by atoms with Crippen LogP contribution in [0.2, 0.25) is 0 Å². The van der Waals surface area contributed by atoms with E-state index in [1.165, 1.54) is 17.3 Å². The minimum absolute atomic E-state index is 0.00347. The molecular weight excluding hydrogens is 262 g/mol. The predicted molar refractivity (Wildman–Crippen MR) is 73.3 cm³/mol. The number of hydrogen-bond acceptors (Lipinski definition) is 4. The third-order valence-corrected chi connectivity index (χ3v) is 3.58. The summed E-state index contributed by atoms with van der Waals surface area (Å²) in [5.74, 6) is -0.149. The van der Waals surface area contributed by atoms with Crippen molar-refractivity contribution in [2.75, 3.05) is 5.75 Å². The minimum atomic E-state index is -0.854. The highest BCUT2D eigenvalue weighted by atomic mass is 32.2. The second-order valence-corrected chi connectivity index (χ2v) is 5.22. The number of nitrogens with zero attached hydrogens (tertiary/aromatic N) is 3. The van der Waals surface area contributed by atoms with Gasteiger partial charge in [-0.3, -0.25) is 4.79 Å². The van der Waals surface area contributed by atoms with E-state index in [4.69, 9.17) is 5.11 Å². The molecule has 1 heterocycles. The molecule has 19 heavy (non-hydrogen) atoms. The smallest absolute Gasteiger partial charge is 0.313 e. The van der Waals surface area contributed by atoms with Crippen molar-refractivity contribution in [1.29, 1.82) is 0 Å². The Morgan fingerprint density at radius 3 is 2.68 bits per heavy atom. The molecule has 2 rings (SSSR count). The van der Waals surface area contributed by atoms with Crippen molar-refractivity contribution in [2.45, 2.75) is 18.5 Å². The molecular formula is C13H15N3O2S. The number of carbonyl (C=O) groups is 1. The largest absolute Gasteiger partial charge is 0.481 e. The molecule has 0 saturated heterocycles. The van der Waals surface area contributed by atoms with E-state index in [1.54, 1.807) is 11.7 Å². The number of aryl methyl sites for hydroxylation is 2. The van der Waals surface area contributed by atoms with Crippen LogP contribution in [0, 0.1) is 6.92 Å². The van der Waals surface area contributed by atoms with Gasteiger partial charge < -0.3 is 5.11 Å². The normalized spacial score (nSPS) is 10.6. The highest BCUT2D eigenvalue weighted by molar-refractivity contribution is 7.99. The van der Waals surface area contributed by atoms with Gasteiger partial charge in [-0.15, -0.1) is 0 Å². The Hall–Kier alpha value is -1.82. The number of carboxylic acid groups (broad SMARTS) is 1. The monoisotopic (exact) mass is 277 g/mol. The van der Waals surface area contributed by atoms with E-state index >= 15 is 0 Å². The highest BCUT2D eigenvalue weighted by Gasteiger charge is 2.10. The van der Waals surface area contributed by atoms with Crippen molar-refractivity contribution >= 4 is 17.7 Å². The van der Waals surface area contributed by atoms with Gasteiger partial charge in [0.2, 0.25) is 0 Å². The lowest BCUT2D eigenvalue weighted by Gasteiger charge is -1.97. The van der Waals surface area contributed by atoms with E-state index in [0.717, 1.165) is 5.56 Å². The summed E-state index contributed by atoms with van der Waals surface area (Å²) in [4.78, 5) is 14.9. The summed E-state index contributed by atoms with van der Waals surface area (Å²) < 4.78 is 1.62. The summed E-state index contributed by atoms with van der Waals surface area (Å²) in [7, 11) is 1.77. The fourth-order valence-corrected chi connectivity index (χ4v) is 2.29. The van der Waals surface area contributed by atoms with Gasteiger partial charge in [0.15, 0.2) is 11.0 Å². The van der Waals surface area contributed by atoms with Crippen LogP contribution in [-0.2, 0) is 18.3 Å². The third-order valence-electron chi connectivity index (χ3n) is 2.57. The van der Waals surface area contributed by atoms with E-state index in [0.29, 0.717) is 17.4 Å². The van der Waals surface area contributed by atoms with E-state index in [1.807, 2.05) is 6.92 Å². The molecule has 6 heteroatoms. The van der Waals surface area contributed by atoms with Crippen LogP contribution in [0.5, 0.6) is 0 Å². The van der Waals surface area contributed by atoms with E-state index < -0.39 is 5.97 Å². The van der Waals surface area contributed by atoms with Gasteiger partial charge >= 0.3 is 5.97 Å². The van der Waals surface area contributed by atoms with Crippen molar-refractivity contribution in [1.82, 2.24) is 14.8 Å². The summed E-state index contributed by atoms with van der Waals surface area (Å²) in [5.41, 5.74) is 2.36. The number of thioether (sulfide) groups is 1. The van der Waals surface area contributed by atoms with Gasteiger partial charge in [0.05, 0.1) is 5.75 Å². The molecule has 0 aliphatic heterocycles. The quantitative estimate of drug-likeness (QED) is 0.845. The van der Waals surface area contributed by atoms with Gasteiger partial charge in [-0.2, -0.15) is 5.10 Å². The number of aromatic nitrogens is 3. The second kappa shape index (κ2) is 5.88. The molecule has 0 atom stereocenters. The van der Waals surface area contributed by atoms with Crippen LogP contribution in [0.1, 0.15) is 17.0 Å². The molecule has 0 radical (unpaired) electrons. The molecule has 0 saturated carbocycles. The number of carboxylic acids is 1. The minimum Gasteiger partial charge on any atom is -0.481 e. The van der Waals surface area contributed by atoms with Crippen LogP contribution < -0.4 is 0 Å². The van der Waals surface area contributed by atoms with Crippen molar-refractivity contribution in [3.8, 4) is 0 Å². The standard InChI is InChI=1S/C13H15N3O2S/c1-9-3-5-10(6-4-9)7-11-14-13(16(2)15-11)19-8-12(17)18/h3-6H,7-8H2,1-2H3,(H,17,18). The zero-order chi connectivity index (χ0) is 13.8. The van der Waals surface area contributed by atoms with Crippen LogP contribution >= 0.6 is 11.8 Å². The molecule has 2 aromatic rings. The molecule has 100 valence electrons. The van der Waals surface area contributed by atoms with Crippen molar-refractivity contribution < 1.29 is 9.90 Å². The predicted octanol–water partition coefficient (Wildman–Crippen LogP) is 1.89. The van der Waals surface area contributed by atoms with Crippen LogP contribution in [0.3, 0.4) is 0 Å². The summed E-state index contributed by atoms with van der Waals surface area (Å²) >= 11 is 1.18. The SMILES string of the molecule is Cc1ccc(Cc2nc(SCC(=O)O)n(C)n2)cc1. The van der Waals surface area contributed by atoms with Crippen LogP contribution in [0.15, 0.2) is 29.4 Å². The zero-order valence-electron chi connectivity index (χ0n) is 10.8. The zero-order valence-corrected chi connectivity index (χ0v) is 11.6. The Kier molecular flexibility index (Phi) is 4.21. The first-order valence-electron chi connectivity index (χ1n) is 5.84. The fourth-order valence-electron chi connectivity index (χ4n) is 1.64. The molecule has 1 N–H and O–H groups in total. The number of benzene rings is 1. The van der Waals surface area contributed by atoms with E-state index in [-0.39, 0.29) is 5.75 Å². The maximum Gasteiger partial charge on any atom is 0.313 e. The summed E-state index contributed by atoms with van der Waals surface area (Å²) in [6, 6.07) is 8.21. The summed E-state index contributed by atoms with van der Waals surface area (Å²) in [6.07, 6.45) is 0.655.